The van der Waals surface area contributed by atoms with Crippen molar-refractivity contribution in [3.05, 3.63) is 224 Å². The van der Waals surface area contributed by atoms with Gasteiger partial charge in [0.2, 0.25) is 0 Å². The Kier molecular flexibility index (Phi) is 8.39. The number of fused-ring (bicyclic) bond motifs is 7. The molecule has 0 aliphatic rings. The summed E-state index contributed by atoms with van der Waals surface area (Å²) in [5.41, 5.74) is 14.3. The summed E-state index contributed by atoms with van der Waals surface area (Å²) in [7, 11) is 0. The van der Waals surface area contributed by atoms with E-state index in [1.54, 1.807) is 0 Å². The fourth-order valence-electron chi connectivity index (χ4n) is 9.11. The minimum absolute atomic E-state index is 0.856. The quantitative estimate of drug-likeness (QED) is 0.160. The maximum atomic E-state index is 6.87. The van der Waals surface area contributed by atoms with Crippen LogP contribution in [-0.4, -0.2) is 0 Å². The largest absolute Gasteiger partial charge is 0.454 e. The van der Waals surface area contributed by atoms with Gasteiger partial charge in [-0.2, -0.15) is 0 Å². The van der Waals surface area contributed by atoms with E-state index in [0.717, 1.165) is 55.7 Å². The minimum atomic E-state index is 0.856. The van der Waals surface area contributed by atoms with Crippen LogP contribution in [0, 0.1) is 0 Å². The van der Waals surface area contributed by atoms with E-state index in [4.69, 9.17) is 4.42 Å². The molecule has 0 spiro atoms. The Bertz CT molecular complexity index is 3560. The Morgan fingerprint density at radius 3 is 1.67 bits per heavy atom. The molecule has 0 fully saturated rings. The summed E-state index contributed by atoms with van der Waals surface area (Å²) < 4.78 is 9.48. The molecular formula is C58H37NOS. The van der Waals surface area contributed by atoms with Gasteiger partial charge in [-0.1, -0.05) is 170 Å². The molecule has 0 radical (unpaired) electrons. The standard InChI is InChI=1S/C58H37NOS/c1-2-12-42(13-3-1)49-35-36-52(58-57(49)50-15-6-8-18-53(50)60-58)59(47-33-29-43(30-34-47)48-17-10-20-55-56(48)51-16-7-9-19-54(51)61-55)46-31-27-40(28-32-46)39-21-23-41(24-22-39)45-26-25-38-11-4-5-14-44(38)37-45/h1-37H. The van der Waals surface area contributed by atoms with Crippen molar-refractivity contribution in [1.82, 2.24) is 0 Å². The molecule has 0 atom stereocenters. The molecule has 12 aromatic rings. The van der Waals surface area contributed by atoms with Crippen LogP contribution < -0.4 is 4.90 Å². The number of hydrogen-bond donors (Lipinski definition) is 0. The van der Waals surface area contributed by atoms with Gasteiger partial charge in [-0.05, 0) is 110 Å². The van der Waals surface area contributed by atoms with E-state index in [0.29, 0.717) is 0 Å². The van der Waals surface area contributed by atoms with E-state index >= 15 is 0 Å². The lowest BCUT2D eigenvalue weighted by atomic mass is 9.97. The number of para-hydroxylation sites is 1. The molecule has 10 aromatic carbocycles. The molecule has 0 aliphatic carbocycles. The predicted octanol–water partition coefficient (Wildman–Crippen LogP) is 17.2. The highest BCUT2D eigenvalue weighted by Crippen LogP contribution is 2.47. The minimum Gasteiger partial charge on any atom is -0.454 e. The zero-order valence-electron chi connectivity index (χ0n) is 33.1. The van der Waals surface area contributed by atoms with Crippen molar-refractivity contribution in [3.8, 4) is 44.5 Å². The van der Waals surface area contributed by atoms with Crippen molar-refractivity contribution < 1.29 is 4.42 Å². The number of benzene rings is 10. The van der Waals surface area contributed by atoms with Crippen LogP contribution in [0.4, 0.5) is 17.1 Å². The van der Waals surface area contributed by atoms with Crippen molar-refractivity contribution in [2.45, 2.75) is 0 Å². The third kappa shape index (κ3) is 6.09. The van der Waals surface area contributed by atoms with E-state index in [-0.39, 0.29) is 0 Å². The Hall–Kier alpha value is -7.72. The number of rotatable bonds is 7. The molecule has 0 N–H and O–H groups in total. The summed E-state index contributed by atoms with van der Waals surface area (Å²) in [6.45, 7) is 0. The SMILES string of the molecule is c1ccc(-c2ccc(N(c3ccc(-c4ccc(-c5ccc6ccccc6c5)cc4)cc3)c3ccc(-c4cccc5sc6ccccc6c45)cc3)c3oc4ccccc4c23)cc1. The van der Waals surface area contributed by atoms with E-state index in [1.807, 2.05) is 17.4 Å². The summed E-state index contributed by atoms with van der Waals surface area (Å²) in [5, 5.41) is 7.34. The van der Waals surface area contributed by atoms with Crippen LogP contribution in [0.15, 0.2) is 229 Å². The van der Waals surface area contributed by atoms with Crippen LogP contribution in [0.3, 0.4) is 0 Å². The molecule has 2 heterocycles. The fourth-order valence-corrected chi connectivity index (χ4v) is 10.2. The highest BCUT2D eigenvalue weighted by atomic mass is 32.1. The second-order valence-corrected chi connectivity index (χ2v) is 16.7. The second kappa shape index (κ2) is 14.5. The van der Waals surface area contributed by atoms with Gasteiger partial charge in [-0.3, -0.25) is 0 Å². The van der Waals surface area contributed by atoms with Gasteiger partial charge in [0.1, 0.15) is 5.58 Å². The van der Waals surface area contributed by atoms with Gasteiger partial charge in [0, 0.05) is 42.3 Å². The molecule has 2 nitrogen and oxygen atoms in total. The van der Waals surface area contributed by atoms with Crippen molar-refractivity contribution in [3.63, 3.8) is 0 Å². The summed E-state index contributed by atoms with van der Waals surface area (Å²) in [4.78, 5) is 2.34. The molecule has 0 unspecified atom stereocenters. The summed E-state index contributed by atoms with van der Waals surface area (Å²) in [6.07, 6.45) is 0. The maximum Gasteiger partial charge on any atom is 0.160 e. The van der Waals surface area contributed by atoms with Gasteiger partial charge in [0.25, 0.3) is 0 Å². The van der Waals surface area contributed by atoms with Crippen molar-refractivity contribution >= 4 is 81.3 Å². The molecule has 2 aromatic heterocycles. The Labute approximate surface area is 357 Å². The predicted molar refractivity (Wildman–Crippen MR) is 261 cm³/mol. The number of thiophene rings is 1. The molecule has 0 saturated heterocycles. The first kappa shape index (κ1) is 35.2. The average molecular weight is 796 g/mol. The number of nitrogens with zero attached hydrogens (tertiary/aromatic N) is 1. The maximum absolute atomic E-state index is 6.87. The number of anilines is 3. The Morgan fingerprint density at radius 2 is 0.902 bits per heavy atom. The lowest BCUT2D eigenvalue weighted by Gasteiger charge is -2.26. The van der Waals surface area contributed by atoms with Crippen molar-refractivity contribution in [1.29, 1.82) is 0 Å². The van der Waals surface area contributed by atoms with Gasteiger partial charge in [0.05, 0.1) is 5.69 Å². The van der Waals surface area contributed by atoms with Gasteiger partial charge in [-0.25, -0.2) is 0 Å². The molecule has 0 saturated carbocycles. The van der Waals surface area contributed by atoms with E-state index in [2.05, 4.69) is 223 Å². The molecule has 0 aliphatic heterocycles. The van der Waals surface area contributed by atoms with Crippen LogP contribution >= 0.6 is 11.3 Å². The van der Waals surface area contributed by atoms with Crippen LogP contribution in [-0.2, 0) is 0 Å². The highest BCUT2D eigenvalue weighted by Gasteiger charge is 2.23. The van der Waals surface area contributed by atoms with Crippen molar-refractivity contribution in [2.24, 2.45) is 0 Å². The van der Waals surface area contributed by atoms with Crippen LogP contribution in [0.2, 0.25) is 0 Å². The Morgan fingerprint density at radius 1 is 0.344 bits per heavy atom. The first-order chi connectivity index (χ1) is 30.2. The molecule has 12 rings (SSSR count). The van der Waals surface area contributed by atoms with Gasteiger partial charge in [0.15, 0.2) is 5.58 Å². The van der Waals surface area contributed by atoms with Crippen LogP contribution in [0.5, 0.6) is 0 Å². The lowest BCUT2D eigenvalue weighted by Crippen LogP contribution is -2.10. The van der Waals surface area contributed by atoms with E-state index in [1.165, 1.54) is 58.8 Å². The molecule has 61 heavy (non-hydrogen) atoms. The highest BCUT2D eigenvalue weighted by molar-refractivity contribution is 7.25. The fraction of sp³-hybridized carbons (Fsp3) is 0. The first-order valence-electron chi connectivity index (χ1n) is 20.7. The second-order valence-electron chi connectivity index (χ2n) is 15.6. The number of hydrogen-bond acceptors (Lipinski definition) is 3. The smallest absolute Gasteiger partial charge is 0.160 e. The molecule has 0 amide bonds. The van der Waals surface area contributed by atoms with Crippen molar-refractivity contribution in [2.75, 3.05) is 4.90 Å². The zero-order valence-corrected chi connectivity index (χ0v) is 33.9. The van der Waals surface area contributed by atoms with Gasteiger partial charge in [-0.15, -0.1) is 11.3 Å². The number of furan rings is 1. The zero-order chi connectivity index (χ0) is 40.3. The molecule has 286 valence electrons. The average Bonchev–Trinajstić information content (AvgIpc) is 3.92. The molecule has 3 heteroatoms. The normalized spacial score (nSPS) is 11.6. The summed E-state index contributed by atoms with van der Waals surface area (Å²) >= 11 is 1.86. The first-order valence-corrected chi connectivity index (χ1v) is 21.6. The Balaban J connectivity index is 0.977. The lowest BCUT2D eigenvalue weighted by molar-refractivity contribution is 0.669. The molecular weight excluding hydrogens is 759 g/mol. The van der Waals surface area contributed by atoms with E-state index < -0.39 is 0 Å². The summed E-state index contributed by atoms with van der Waals surface area (Å²) in [6, 6.07) is 81.0. The van der Waals surface area contributed by atoms with Crippen LogP contribution in [0.25, 0.3) is 97.4 Å². The topological polar surface area (TPSA) is 16.4 Å². The molecule has 0 bridgehead atoms. The monoisotopic (exact) mass is 795 g/mol. The van der Waals surface area contributed by atoms with Gasteiger partial charge >= 0.3 is 0 Å². The third-order valence-electron chi connectivity index (χ3n) is 12.1. The summed E-state index contributed by atoms with van der Waals surface area (Å²) in [5.74, 6) is 0. The van der Waals surface area contributed by atoms with Gasteiger partial charge < -0.3 is 9.32 Å². The van der Waals surface area contributed by atoms with E-state index in [9.17, 15) is 0 Å². The third-order valence-corrected chi connectivity index (χ3v) is 13.2. The van der Waals surface area contributed by atoms with Crippen LogP contribution in [0.1, 0.15) is 0 Å².